The number of hydrogen-bond donors (Lipinski definition) is 1. The Labute approximate surface area is 167 Å². The maximum Gasteiger partial charge on any atom is 0.339 e. The van der Waals surface area contributed by atoms with Crippen LogP contribution in [0.1, 0.15) is 34.4 Å². The van der Waals surface area contributed by atoms with Crippen molar-refractivity contribution >= 4 is 33.7 Å². The highest BCUT2D eigenvalue weighted by molar-refractivity contribution is 6.00. The lowest BCUT2D eigenvalue weighted by atomic mass is 9.98. The summed E-state index contributed by atoms with van der Waals surface area (Å²) < 4.78 is 11.5. The number of pyridine rings is 1. The zero-order valence-electron chi connectivity index (χ0n) is 16.9. The third-order valence-corrected chi connectivity index (χ3v) is 5.48. The number of anilines is 1. The van der Waals surface area contributed by atoms with Crippen LogP contribution in [0.3, 0.4) is 0 Å². The predicted molar refractivity (Wildman–Crippen MR) is 112 cm³/mol. The first kappa shape index (κ1) is 18.9. The number of hydrogen-bond acceptors (Lipinski definition) is 5. The second-order valence-corrected chi connectivity index (χ2v) is 7.29. The second kappa shape index (κ2) is 7.20. The number of aromatic nitrogens is 1. The quantitative estimate of drug-likeness (QED) is 0.509. The maximum absolute atomic E-state index is 12.6. The molecule has 0 saturated carbocycles. The van der Waals surface area contributed by atoms with Gasteiger partial charge in [0, 0.05) is 34.5 Å². The first-order valence-electron chi connectivity index (χ1n) is 9.53. The Bertz CT molecular complexity index is 1300. The zero-order valence-corrected chi connectivity index (χ0v) is 16.9. The molecular weight excluding hydrogens is 368 g/mol. The van der Waals surface area contributed by atoms with Gasteiger partial charge in [0.25, 0.3) is 0 Å². The van der Waals surface area contributed by atoms with Crippen LogP contribution in [0.5, 0.6) is 0 Å². The van der Waals surface area contributed by atoms with Crippen molar-refractivity contribution in [3.05, 3.63) is 68.9 Å². The third-order valence-electron chi connectivity index (χ3n) is 5.48. The molecule has 0 aliphatic heterocycles. The Hall–Kier alpha value is -3.41. The molecule has 4 rings (SSSR count). The molecule has 0 atom stereocenters. The zero-order chi connectivity index (χ0) is 20.7. The molecule has 1 N–H and O–H groups in total. The standard InChI is InChI=1S/C23H22N2O4/c1-12-15(4)28-21-14(3)22-18(11-17(12)21)13(2)16(23(27)29-22)8-9-20(26)25-19-7-5-6-10-24-19/h5-7,10-11H,8-9H2,1-4H3,(H,24,25,26). The van der Waals surface area contributed by atoms with E-state index < -0.39 is 5.63 Å². The van der Waals surface area contributed by atoms with Crippen molar-refractivity contribution < 1.29 is 13.6 Å². The molecule has 3 heterocycles. The summed E-state index contributed by atoms with van der Waals surface area (Å²) in [5.41, 5.74) is 4.12. The van der Waals surface area contributed by atoms with Gasteiger partial charge in [0.15, 0.2) is 0 Å². The molecule has 0 spiro atoms. The molecule has 1 aromatic carbocycles. The van der Waals surface area contributed by atoms with Gasteiger partial charge in [-0.05, 0) is 63.4 Å². The van der Waals surface area contributed by atoms with E-state index in [2.05, 4.69) is 10.3 Å². The fourth-order valence-electron chi connectivity index (χ4n) is 3.66. The van der Waals surface area contributed by atoms with Crippen molar-refractivity contribution in [1.82, 2.24) is 4.98 Å². The summed E-state index contributed by atoms with van der Waals surface area (Å²) in [6.07, 6.45) is 2.07. The Morgan fingerprint density at radius 1 is 1.00 bits per heavy atom. The summed E-state index contributed by atoms with van der Waals surface area (Å²) in [6, 6.07) is 7.31. The van der Waals surface area contributed by atoms with Gasteiger partial charge >= 0.3 is 5.63 Å². The fourth-order valence-corrected chi connectivity index (χ4v) is 3.66. The SMILES string of the molecule is Cc1oc2c(C)c3oc(=O)c(CCC(=O)Nc4ccccn4)c(C)c3cc2c1C. The fraction of sp³-hybridized carbons (Fsp3) is 0.261. The summed E-state index contributed by atoms with van der Waals surface area (Å²) in [4.78, 5) is 29.0. The number of rotatable bonds is 4. The highest BCUT2D eigenvalue weighted by Crippen LogP contribution is 2.34. The molecule has 0 aliphatic carbocycles. The molecular formula is C23H22N2O4. The first-order chi connectivity index (χ1) is 13.9. The number of fused-ring (bicyclic) bond motifs is 2. The molecule has 0 saturated heterocycles. The number of aryl methyl sites for hydroxylation is 4. The van der Waals surface area contributed by atoms with Gasteiger partial charge in [-0.3, -0.25) is 4.79 Å². The van der Waals surface area contributed by atoms with Crippen molar-refractivity contribution in [2.75, 3.05) is 5.32 Å². The molecule has 0 fully saturated rings. The van der Waals surface area contributed by atoms with E-state index >= 15 is 0 Å². The van der Waals surface area contributed by atoms with Gasteiger partial charge in [0.1, 0.15) is 22.7 Å². The summed E-state index contributed by atoms with van der Waals surface area (Å²) in [6.45, 7) is 7.74. The summed E-state index contributed by atoms with van der Waals surface area (Å²) in [7, 11) is 0. The molecule has 6 heteroatoms. The van der Waals surface area contributed by atoms with Crippen molar-refractivity contribution in [2.45, 2.75) is 40.5 Å². The van der Waals surface area contributed by atoms with Crippen LogP contribution in [-0.4, -0.2) is 10.9 Å². The van der Waals surface area contributed by atoms with Crippen molar-refractivity contribution in [3.8, 4) is 0 Å². The van der Waals surface area contributed by atoms with Crippen LogP contribution in [-0.2, 0) is 11.2 Å². The van der Waals surface area contributed by atoms with E-state index in [1.54, 1.807) is 24.4 Å². The minimum Gasteiger partial charge on any atom is -0.461 e. The van der Waals surface area contributed by atoms with Gasteiger partial charge in [-0.1, -0.05) is 6.07 Å². The van der Waals surface area contributed by atoms with Gasteiger partial charge in [-0.25, -0.2) is 9.78 Å². The lowest BCUT2D eigenvalue weighted by Crippen LogP contribution is -2.17. The van der Waals surface area contributed by atoms with E-state index in [0.717, 1.165) is 38.8 Å². The van der Waals surface area contributed by atoms with E-state index in [9.17, 15) is 9.59 Å². The van der Waals surface area contributed by atoms with E-state index in [4.69, 9.17) is 8.83 Å². The normalized spacial score (nSPS) is 11.3. The van der Waals surface area contributed by atoms with Crippen LogP contribution < -0.4 is 10.9 Å². The topological polar surface area (TPSA) is 85.3 Å². The van der Waals surface area contributed by atoms with Gasteiger partial charge in [-0.2, -0.15) is 0 Å². The number of nitrogens with zero attached hydrogens (tertiary/aromatic N) is 1. The molecule has 0 unspecified atom stereocenters. The number of amides is 1. The lowest BCUT2D eigenvalue weighted by Gasteiger charge is -2.10. The van der Waals surface area contributed by atoms with Crippen molar-refractivity contribution in [1.29, 1.82) is 0 Å². The number of carbonyl (C=O) groups is 1. The molecule has 6 nitrogen and oxygen atoms in total. The number of carbonyl (C=O) groups excluding carboxylic acids is 1. The van der Waals surface area contributed by atoms with Crippen LogP contribution >= 0.6 is 0 Å². The summed E-state index contributed by atoms with van der Waals surface area (Å²) in [5, 5.41) is 4.63. The van der Waals surface area contributed by atoms with E-state index in [-0.39, 0.29) is 12.3 Å². The maximum atomic E-state index is 12.6. The number of benzene rings is 1. The number of nitrogens with one attached hydrogen (secondary N) is 1. The molecule has 0 bridgehead atoms. The largest absolute Gasteiger partial charge is 0.461 e. The Balaban J connectivity index is 1.70. The smallest absolute Gasteiger partial charge is 0.339 e. The average Bonchev–Trinajstić information content (AvgIpc) is 2.98. The number of furan rings is 1. The highest BCUT2D eigenvalue weighted by Gasteiger charge is 2.19. The van der Waals surface area contributed by atoms with Crippen LogP contribution in [0.15, 0.2) is 44.1 Å². The predicted octanol–water partition coefficient (Wildman–Crippen LogP) is 4.74. The minimum absolute atomic E-state index is 0.165. The van der Waals surface area contributed by atoms with Crippen molar-refractivity contribution in [2.24, 2.45) is 0 Å². The second-order valence-electron chi connectivity index (χ2n) is 7.29. The molecule has 4 aromatic rings. The van der Waals surface area contributed by atoms with E-state index in [1.807, 2.05) is 33.8 Å². The van der Waals surface area contributed by atoms with Crippen molar-refractivity contribution in [3.63, 3.8) is 0 Å². The summed E-state index contributed by atoms with van der Waals surface area (Å²) >= 11 is 0. The van der Waals surface area contributed by atoms with Crippen LogP contribution in [0.25, 0.3) is 21.9 Å². The molecule has 1 amide bonds. The third kappa shape index (κ3) is 3.31. The van der Waals surface area contributed by atoms with E-state index in [1.165, 1.54) is 0 Å². The molecule has 148 valence electrons. The van der Waals surface area contributed by atoms with E-state index in [0.29, 0.717) is 23.4 Å². The first-order valence-corrected chi connectivity index (χ1v) is 9.53. The molecule has 3 aromatic heterocycles. The molecule has 0 radical (unpaired) electrons. The monoisotopic (exact) mass is 390 g/mol. The Morgan fingerprint density at radius 3 is 2.45 bits per heavy atom. The molecule has 0 aliphatic rings. The van der Waals surface area contributed by atoms with Gasteiger partial charge in [-0.15, -0.1) is 0 Å². The van der Waals surface area contributed by atoms with Crippen LogP contribution in [0.4, 0.5) is 5.82 Å². The lowest BCUT2D eigenvalue weighted by molar-refractivity contribution is -0.116. The Morgan fingerprint density at radius 2 is 1.72 bits per heavy atom. The van der Waals surface area contributed by atoms with Crippen LogP contribution in [0.2, 0.25) is 0 Å². The van der Waals surface area contributed by atoms with Gasteiger partial charge in [0.05, 0.1) is 0 Å². The summed E-state index contributed by atoms with van der Waals surface area (Å²) in [5.74, 6) is 1.14. The molecule has 29 heavy (non-hydrogen) atoms. The Kier molecular flexibility index (Phi) is 4.70. The van der Waals surface area contributed by atoms with Gasteiger partial charge in [0.2, 0.25) is 5.91 Å². The van der Waals surface area contributed by atoms with Gasteiger partial charge < -0.3 is 14.2 Å². The minimum atomic E-state index is -0.414. The van der Waals surface area contributed by atoms with Crippen LogP contribution in [0, 0.1) is 27.7 Å². The highest BCUT2D eigenvalue weighted by atomic mass is 16.4. The average molecular weight is 390 g/mol.